The Labute approximate surface area is 103 Å². The first-order chi connectivity index (χ1) is 7.68. The van der Waals surface area contributed by atoms with E-state index in [9.17, 15) is 0 Å². The van der Waals surface area contributed by atoms with E-state index in [-0.39, 0.29) is 0 Å². The summed E-state index contributed by atoms with van der Waals surface area (Å²) in [5.74, 6) is 1.75. The summed E-state index contributed by atoms with van der Waals surface area (Å²) in [6.07, 6.45) is 7.44. The maximum absolute atomic E-state index is 6.20. The predicted molar refractivity (Wildman–Crippen MR) is 70.7 cm³/mol. The lowest BCUT2D eigenvalue weighted by Gasteiger charge is -2.27. The van der Waals surface area contributed by atoms with Crippen molar-refractivity contribution in [1.29, 1.82) is 0 Å². The van der Waals surface area contributed by atoms with E-state index in [4.69, 9.17) is 4.74 Å². The molecule has 0 aliphatic carbocycles. The largest absolute Gasteiger partial charge is 0.363 e. The zero-order chi connectivity index (χ0) is 11.5. The van der Waals surface area contributed by atoms with Crippen LogP contribution in [0.3, 0.4) is 0 Å². The van der Waals surface area contributed by atoms with E-state index in [1.165, 1.54) is 12.8 Å². The normalized spacial score (nSPS) is 47.3. The molecular formula is C13H23NOS. The Kier molecular flexibility index (Phi) is 4.34. The summed E-state index contributed by atoms with van der Waals surface area (Å²) in [5, 5.41) is 3.62. The minimum Gasteiger partial charge on any atom is -0.363 e. The fourth-order valence-corrected chi connectivity index (χ4v) is 3.57. The Morgan fingerprint density at radius 3 is 2.81 bits per heavy atom. The van der Waals surface area contributed by atoms with Gasteiger partial charge in [0.05, 0.1) is 6.10 Å². The molecule has 92 valence electrons. The van der Waals surface area contributed by atoms with Gasteiger partial charge in [0.2, 0.25) is 0 Å². The van der Waals surface area contributed by atoms with Crippen LogP contribution in [0.2, 0.25) is 0 Å². The Morgan fingerprint density at radius 1 is 1.19 bits per heavy atom. The molecule has 0 aromatic rings. The lowest BCUT2D eigenvalue weighted by Crippen LogP contribution is -2.33. The smallest absolute Gasteiger partial charge is 0.101 e. The second-order valence-corrected chi connectivity index (χ2v) is 6.29. The first-order valence-electron chi connectivity index (χ1n) is 6.36. The van der Waals surface area contributed by atoms with Crippen LogP contribution in [-0.2, 0) is 4.74 Å². The molecule has 0 saturated carbocycles. The predicted octanol–water partition coefficient (Wildman–Crippen LogP) is 2.80. The summed E-state index contributed by atoms with van der Waals surface area (Å²) in [5.41, 5.74) is 0.310. The number of fused-ring (bicyclic) bond motifs is 1. The summed E-state index contributed by atoms with van der Waals surface area (Å²) in [7, 11) is 0. The molecular weight excluding hydrogens is 218 g/mol. The van der Waals surface area contributed by atoms with Crippen LogP contribution in [0.15, 0.2) is 12.2 Å². The van der Waals surface area contributed by atoms with E-state index in [2.05, 4.69) is 38.2 Å². The monoisotopic (exact) mass is 241 g/mol. The SMILES string of the molecule is CC1OC2C(C)NC(C)C2CC/C=C/CS1. The molecule has 0 amide bonds. The molecule has 2 aliphatic rings. The van der Waals surface area contributed by atoms with Gasteiger partial charge < -0.3 is 10.1 Å². The third-order valence-electron chi connectivity index (χ3n) is 3.69. The van der Waals surface area contributed by atoms with Gasteiger partial charge in [-0.2, -0.15) is 0 Å². The number of nitrogens with one attached hydrogen (secondary N) is 1. The summed E-state index contributed by atoms with van der Waals surface area (Å²) in [4.78, 5) is 0. The van der Waals surface area contributed by atoms with Gasteiger partial charge in [-0.25, -0.2) is 0 Å². The second-order valence-electron chi connectivity index (χ2n) is 4.96. The number of thioether (sulfide) groups is 1. The molecule has 0 spiro atoms. The van der Waals surface area contributed by atoms with Crippen LogP contribution in [0.25, 0.3) is 0 Å². The molecule has 2 aliphatic heterocycles. The molecule has 1 N–H and O–H groups in total. The van der Waals surface area contributed by atoms with E-state index in [0.29, 0.717) is 29.5 Å². The number of hydrogen-bond acceptors (Lipinski definition) is 3. The molecule has 16 heavy (non-hydrogen) atoms. The molecule has 1 fully saturated rings. The Morgan fingerprint density at radius 2 is 2.00 bits per heavy atom. The van der Waals surface area contributed by atoms with Gasteiger partial charge in [0.15, 0.2) is 0 Å². The van der Waals surface area contributed by atoms with Gasteiger partial charge in [0.25, 0.3) is 0 Å². The third-order valence-corrected chi connectivity index (χ3v) is 4.66. The van der Waals surface area contributed by atoms with E-state index in [1.807, 2.05) is 11.8 Å². The van der Waals surface area contributed by atoms with Crippen molar-refractivity contribution in [2.45, 2.75) is 57.2 Å². The van der Waals surface area contributed by atoms with Crippen molar-refractivity contribution >= 4 is 11.8 Å². The Balaban J connectivity index is 2.07. The fraction of sp³-hybridized carbons (Fsp3) is 0.846. The highest BCUT2D eigenvalue weighted by Crippen LogP contribution is 2.31. The summed E-state index contributed by atoms with van der Waals surface area (Å²) < 4.78 is 6.20. The van der Waals surface area contributed by atoms with E-state index in [0.717, 1.165) is 5.75 Å². The van der Waals surface area contributed by atoms with Gasteiger partial charge in [0.1, 0.15) is 5.44 Å². The van der Waals surface area contributed by atoms with E-state index >= 15 is 0 Å². The zero-order valence-corrected chi connectivity index (χ0v) is 11.3. The number of ether oxygens (including phenoxy) is 1. The van der Waals surface area contributed by atoms with Gasteiger partial charge in [0, 0.05) is 23.8 Å². The minimum absolute atomic E-state index is 0.310. The molecule has 2 rings (SSSR count). The summed E-state index contributed by atoms with van der Waals surface area (Å²) in [6.45, 7) is 6.71. The first-order valence-corrected chi connectivity index (χ1v) is 7.41. The fourth-order valence-electron chi connectivity index (χ4n) is 2.85. The molecule has 2 heterocycles. The van der Waals surface area contributed by atoms with Crippen molar-refractivity contribution in [3.05, 3.63) is 12.2 Å². The molecule has 0 bridgehead atoms. The van der Waals surface area contributed by atoms with Crippen molar-refractivity contribution in [3.63, 3.8) is 0 Å². The number of allylic oxidation sites excluding steroid dienone is 1. The van der Waals surface area contributed by atoms with Gasteiger partial charge >= 0.3 is 0 Å². The Bertz CT molecular complexity index is 256. The highest BCUT2D eigenvalue weighted by molar-refractivity contribution is 7.99. The van der Waals surface area contributed by atoms with Crippen molar-refractivity contribution < 1.29 is 4.74 Å². The average molecular weight is 241 g/mol. The maximum Gasteiger partial charge on any atom is 0.101 e. The molecule has 2 nitrogen and oxygen atoms in total. The first kappa shape index (κ1) is 12.5. The summed E-state index contributed by atoms with van der Waals surface area (Å²) >= 11 is 1.89. The van der Waals surface area contributed by atoms with Crippen LogP contribution in [-0.4, -0.2) is 29.4 Å². The van der Waals surface area contributed by atoms with Gasteiger partial charge in [-0.3, -0.25) is 0 Å². The topological polar surface area (TPSA) is 21.3 Å². The van der Waals surface area contributed by atoms with Crippen LogP contribution in [0, 0.1) is 5.92 Å². The van der Waals surface area contributed by atoms with Crippen molar-refractivity contribution in [3.8, 4) is 0 Å². The highest BCUT2D eigenvalue weighted by atomic mass is 32.2. The molecule has 0 radical (unpaired) electrons. The highest BCUT2D eigenvalue weighted by Gasteiger charge is 2.39. The molecule has 5 unspecified atom stereocenters. The van der Waals surface area contributed by atoms with Crippen LogP contribution in [0.1, 0.15) is 33.6 Å². The molecule has 0 aromatic heterocycles. The lowest BCUT2D eigenvalue weighted by molar-refractivity contribution is 0.00765. The quantitative estimate of drug-likeness (QED) is 0.659. The standard InChI is InChI=1S/C13H23NOS/c1-9-12-7-5-4-6-8-16-11(3)15-13(12)10(2)14-9/h4,6,9-14H,5,7-8H2,1-3H3/b6-4+. The third kappa shape index (κ3) is 2.82. The van der Waals surface area contributed by atoms with Crippen LogP contribution >= 0.6 is 11.8 Å². The van der Waals surface area contributed by atoms with Gasteiger partial charge in [-0.05, 0) is 33.6 Å². The lowest BCUT2D eigenvalue weighted by atomic mass is 9.92. The average Bonchev–Trinajstić information content (AvgIpc) is 2.50. The summed E-state index contributed by atoms with van der Waals surface area (Å²) in [6, 6.07) is 1.08. The van der Waals surface area contributed by atoms with Gasteiger partial charge in [-0.1, -0.05) is 12.2 Å². The van der Waals surface area contributed by atoms with E-state index in [1.54, 1.807) is 0 Å². The molecule has 5 atom stereocenters. The molecule has 0 aromatic carbocycles. The van der Waals surface area contributed by atoms with Crippen molar-refractivity contribution in [2.75, 3.05) is 5.75 Å². The van der Waals surface area contributed by atoms with E-state index < -0.39 is 0 Å². The number of rotatable bonds is 0. The molecule has 3 heteroatoms. The van der Waals surface area contributed by atoms with Crippen LogP contribution in [0.4, 0.5) is 0 Å². The minimum atomic E-state index is 0.310. The van der Waals surface area contributed by atoms with Gasteiger partial charge in [-0.15, -0.1) is 11.8 Å². The second kappa shape index (κ2) is 5.56. The van der Waals surface area contributed by atoms with Crippen molar-refractivity contribution in [1.82, 2.24) is 5.32 Å². The zero-order valence-electron chi connectivity index (χ0n) is 10.5. The maximum atomic E-state index is 6.20. The van der Waals surface area contributed by atoms with Crippen molar-refractivity contribution in [2.24, 2.45) is 5.92 Å². The number of hydrogen-bond donors (Lipinski definition) is 1. The van der Waals surface area contributed by atoms with Crippen LogP contribution < -0.4 is 5.32 Å². The van der Waals surface area contributed by atoms with Crippen LogP contribution in [0.5, 0.6) is 0 Å². The Hall–Kier alpha value is 0.01000. The molecule has 1 saturated heterocycles.